The monoisotopic (exact) mass is 298 g/mol. The zero-order valence-corrected chi connectivity index (χ0v) is 12.7. The molecule has 0 aromatic heterocycles. The fraction of sp³-hybridized carbons (Fsp3) is 0.571. The second-order valence-corrected chi connectivity index (χ2v) is 7.06. The highest BCUT2D eigenvalue weighted by Gasteiger charge is 2.25. The molecule has 0 spiro atoms. The highest BCUT2D eigenvalue weighted by molar-refractivity contribution is 7.88. The number of benzene rings is 1. The number of rotatable bonds is 5. The van der Waals surface area contributed by atoms with Gasteiger partial charge in [-0.2, -0.15) is 0 Å². The summed E-state index contributed by atoms with van der Waals surface area (Å²) < 4.78 is 32.4. The van der Waals surface area contributed by atoms with Crippen LogP contribution in [0.1, 0.15) is 18.9 Å². The van der Waals surface area contributed by atoms with Crippen LogP contribution in [0.4, 0.5) is 0 Å². The summed E-state index contributed by atoms with van der Waals surface area (Å²) in [7, 11) is -1.75. The number of sulfonamides is 1. The van der Waals surface area contributed by atoms with Gasteiger partial charge in [-0.25, -0.2) is 13.1 Å². The normalized spacial score (nSPS) is 23.5. The molecule has 0 aliphatic carbocycles. The molecule has 2 N–H and O–H groups in total. The van der Waals surface area contributed by atoms with E-state index in [-0.39, 0.29) is 11.8 Å². The number of piperidine rings is 1. The second-order valence-electron chi connectivity index (χ2n) is 5.31. The van der Waals surface area contributed by atoms with Gasteiger partial charge in [-0.05, 0) is 43.1 Å². The van der Waals surface area contributed by atoms with Gasteiger partial charge in [0.2, 0.25) is 10.0 Å². The molecule has 5 nitrogen and oxygen atoms in total. The second kappa shape index (κ2) is 6.56. The van der Waals surface area contributed by atoms with Crippen molar-refractivity contribution in [2.75, 3.05) is 20.2 Å². The van der Waals surface area contributed by atoms with Gasteiger partial charge in [-0.15, -0.1) is 0 Å². The highest BCUT2D eigenvalue weighted by Crippen LogP contribution is 2.16. The van der Waals surface area contributed by atoms with Crippen LogP contribution in [0.2, 0.25) is 0 Å². The maximum absolute atomic E-state index is 12.2. The third kappa shape index (κ3) is 4.19. The van der Waals surface area contributed by atoms with Gasteiger partial charge >= 0.3 is 0 Å². The SMILES string of the molecule is COc1cccc(CS(=O)(=O)NC2CCNCC2C)c1. The Balaban J connectivity index is 2.02. The van der Waals surface area contributed by atoms with Gasteiger partial charge in [0.1, 0.15) is 5.75 Å². The van der Waals surface area contributed by atoms with Crippen LogP contribution in [-0.4, -0.2) is 34.7 Å². The van der Waals surface area contributed by atoms with Crippen molar-refractivity contribution >= 4 is 10.0 Å². The molecule has 1 fully saturated rings. The molecule has 0 radical (unpaired) electrons. The van der Waals surface area contributed by atoms with Crippen LogP contribution in [0.25, 0.3) is 0 Å². The first-order valence-corrected chi connectivity index (χ1v) is 8.49. The van der Waals surface area contributed by atoms with E-state index in [9.17, 15) is 8.42 Å². The van der Waals surface area contributed by atoms with Crippen LogP contribution < -0.4 is 14.8 Å². The van der Waals surface area contributed by atoms with E-state index >= 15 is 0 Å². The number of nitrogens with one attached hydrogen (secondary N) is 2. The standard InChI is InChI=1S/C14H22N2O3S/c1-11-9-15-7-6-14(11)16-20(17,18)10-12-4-3-5-13(8-12)19-2/h3-5,8,11,14-16H,6-7,9-10H2,1-2H3. The van der Waals surface area contributed by atoms with Gasteiger partial charge in [-0.1, -0.05) is 19.1 Å². The molecule has 1 aliphatic rings. The van der Waals surface area contributed by atoms with Crippen molar-refractivity contribution in [2.45, 2.75) is 25.1 Å². The van der Waals surface area contributed by atoms with Crippen molar-refractivity contribution in [3.05, 3.63) is 29.8 Å². The van der Waals surface area contributed by atoms with Crippen molar-refractivity contribution in [1.82, 2.24) is 10.0 Å². The van der Waals surface area contributed by atoms with Crippen LogP contribution in [0.3, 0.4) is 0 Å². The summed E-state index contributed by atoms with van der Waals surface area (Å²) in [6, 6.07) is 7.18. The zero-order valence-electron chi connectivity index (χ0n) is 11.9. The number of methoxy groups -OCH3 is 1. The molecule has 1 saturated heterocycles. The Morgan fingerprint density at radius 1 is 1.45 bits per heavy atom. The number of hydrogen-bond donors (Lipinski definition) is 2. The Kier molecular flexibility index (Phi) is 5.01. The Labute approximate surface area is 120 Å². The molecule has 20 heavy (non-hydrogen) atoms. The smallest absolute Gasteiger partial charge is 0.216 e. The van der Waals surface area contributed by atoms with Crippen LogP contribution in [0, 0.1) is 5.92 Å². The Morgan fingerprint density at radius 3 is 2.95 bits per heavy atom. The molecule has 0 bridgehead atoms. The Bertz CT molecular complexity index is 545. The molecule has 1 aliphatic heterocycles. The van der Waals surface area contributed by atoms with Crippen LogP contribution in [-0.2, 0) is 15.8 Å². The first-order chi connectivity index (χ1) is 9.50. The van der Waals surface area contributed by atoms with E-state index in [4.69, 9.17) is 4.74 Å². The van der Waals surface area contributed by atoms with E-state index in [1.165, 1.54) is 0 Å². The van der Waals surface area contributed by atoms with Gasteiger partial charge in [0.25, 0.3) is 0 Å². The van der Waals surface area contributed by atoms with Crippen LogP contribution in [0.5, 0.6) is 5.75 Å². The lowest BCUT2D eigenvalue weighted by Crippen LogP contribution is -2.48. The Hall–Kier alpha value is -1.11. The van der Waals surface area contributed by atoms with E-state index in [1.54, 1.807) is 31.4 Å². The third-order valence-electron chi connectivity index (χ3n) is 3.61. The molecule has 1 aromatic rings. The van der Waals surface area contributed by atoms with Crippen molar-refractivity contribution in [1.29, 1.82) is 0 Å². The van der Waals surface area contributed by atoms with Crippen molar-refractivity contribution in [3.63, 3.8) is 0 Å². The average Bonchev–Trinajstić information content (AvgIpc) is 2.41. The van der Waals surface area contributed by atoms with Gasteiger partial charge in [-0.3, -0.25) is 0 Å². The Morgan fingerprint density at radius 2 is 2.25 bits per heavy atom. The van der Waals surface area contributed by atoms with Crippen molar-refractivity contribution in [2.24, 2.45) is 5.92 Å². The molecule has 2 atom stereocenters. The summed E-state index contributed by atoms with van der Waals surface area (Å²) in [6.07, 6.45) is 0.832. The molecule has 0 saturated carbocycles. The minimum absolute atomic E-state index is 0.0130. The van der Waals surface area contributed by atoms with Gasteiger partial charge in [0.15, 0.2) is 0 Å². The van der Waals surface area contributed by atoms with Gasteiger partial charge < -0.3 is 10.1 Å². The maximum atomic E-state index is 12.2. The van der Waals surface area contributed by atoms with Crippen molar-refractivity contribution in [3.8, 4) is 5.75 Å². The summed E-state index contributed by atoms with van der Waals surface area (Å²) >= 11 is 0. The predicted octanol–water partition coefficient (Wildman–Crippen LogP) is 1.11. The lowest BCUT2D eigenvalue weighted by atomic mass is 9.97. The quantitative estimate of drug-likeness (QED) is 0.854. The van der Waals surface area contributed by atoms with Crippen LogP contribution >= 0.6 is 0 Å². The van der Waals surface area contributed by atoms with Gasteiger partial charge in [0, 0.05) is 6.04 Å². The number of hydrogen-bond acceptors (Lipinski definition) is 4. The molecule has 112 valence electrons. The van der Waals surface area contributed by atoms with Crippen molar-refractivity contribution < 1.29 is 13.2 Å². The summed E-state index contributed by atoms with van der Waals surface area (Å²) in [5.74, 6) is 0.970. The zero-order chi connectivity index (χ0) is 14.6. The molecule has 0 amide bonds. The van der Waals surface area contributed by atoms with E-state index in [0.717, 1.165) is 25.1 Å². The molecule has 2 rings (SSSR count). The summed E-state index contributed by atoms with van der Waals surface area (Å²) in [6.45, 7) is 3.77. The molecular weight excluding hydrogens is 276 g/mol. The fourth-order valence-electron chi connectivity index (χ4n) is 2.44. The summed E-state index contributed by atoms with van der Waals surface area (Å²) in [5.41, 5.74) is 0.735. The summed E-state index contributed by atoms with van der Waals surface area (Å²) in [5, 5.41) is 3.26. The average molecular weight is 298 g/mol. The third-order valence-corrected chi connectivity index (χ3v) is 4.98. The predicted molar refractivity (Wildman–Crippen MR) is 79.2 cm³/mol. The molecule has 1 heterocycles. The van der Waals surface area contributed by atoms with Crippen LogP contribution in [0.15, 0.2) is 24.3 Å². The summed E-state index contributed by atoms with van der Waals surface area (Å²) in [4.78, 5) is 0. The van der Waals surface area contributed by atoms with E-state index in [0.29, 0.717) is 11.7 Å². The first kappa shape index (κ1) is 15.3. The minimum atomic E-state index is -3.33. The number of ether oxygens (including phenoxy) is 1. The lowest BCUT2D eigenvalue weighted by Gasteiger charge is -2.29. The maximum Gasteiger partial charge on any atom is 0.216 e. The molecular formula is C14H22N2O3S. The first-order valence-electron chi connectivity index (χ1n) is 6.84. The molecule has 6 heteroatoms. The molecule has 2 unspecified atom stereocenters. The van der Waals surface area contributed by atoms with E-state index in [2.05, 4.69) is 17.0 Å². The topological polar surface area (TPSA) is 67.4 Å². The van der Waals surface area contributed by atoms with Gasteiger partial charge in [0.05, 0.1) is 12.9 Å². The van der Waals surface area contributed by atoms with E-state index < -0.39 is 10.0 Å². The fourth-order valence-corrected chi connectivity index (χ4v) is 3.96. The van der Waals surface area contributed by atoms with E-state index in [1.807, 2.05) is 0 Å². The highest BCUT2D eigenvalue weighted by atomic mass is 32.2. The largest absolute Gasteiger partial charge is 0.497 e. The molecule has 1 aromatic carbocycles. The minimum Gasteiger partial charge on any atom is -0.497 e. The lowest BCUT2D eigenvalue weighted by molar-refractivity contribution is 0.328.